The van der Waals surface area contributed by atoms with Gasteiger partial charge in [0.05, 0.1) is 6.61 Å². The molecule has 0 bridgehead atoms. The second kappa shape index (κ2) is 4.92. The van der Waals surface area contributed by atoms with Gasteiger partial charge in [0.25, 0.3) is 0 Å². The highest BCUT2D eigenvalue weighted by molar-refractivity contribution is 5.89. The first-order valence-electron chi connectivity index (χ1n) is 3.25. The number of hydrogen-bond acceptors (Lipinski definition) is 2. The van der Waals surface area contributed by atoms with Crippen molar-refractivity contribution in [3.63, 3.8) is 0 Å². The predicted octanol–water partition coefficient (Wildman–Crippen LogP) is 1.71. The molecule has 0 unspecified atom stereocenters. The van der Waals surface area contributed by atoms with Gasteiger partial charge in [-0.2, -0.15) is 13.2 Å². The van der Waals surface area contributed by atoms with E-state index in [4.69, 9.17) is 0 Å². The number of hydrogen-bond donors (Lipinski definition) is 0. The molecule has 0 rings (SSSR count). The maximum absolute atomic E-state index is 11.4. The Labute approximate surface area is 68.0 Å². The van der Waals surface area contributed by atoms with Crippen LogP contribution in [0.3, 0.4) is 0 Å². The molecule has 0 spiro atoms. The molecular weight excluding hydrogens is 173 g/mol. The van der Waals surface area contributed by atoms with Crippen LogP contribution in [0.25, 0.3) is 0 Å². The lowest BCUT2D eigenvalue weighted by atomic mass is 10.3. The second-order valence-electron chi connectivity index (χ2n) is 2.09. The van der Waals surface area contributed by atoms with Crippen LogP contribution in [0.15, 0.2) is 12.7 Å². The molecule has 0 atom stereocenters. The van der Waals surface area contributed by atoms with Crippen molar-refractivity contribution in [1.82, 2.24) is 0 Å². The van der Waals surface area contributed by atoms with E-state index < -0.39 is 12.8 Å². The van der Waals surface area contributed by atoms with Crippen molar-refractivity contribution in [3.05, 3.63) is 12.7 Å². The summed E-state index contributed by atoms with van der Waals surface area (Å²) in [5, 5.41) is 0. The van der Waals surface area contributed by atoms with Gasteiger partial charge in [-0.05, 0) is 6.08 Å². The number of halogens is 3. The van der Waals surface area contributed by atoms with Crippen molar-refractivity contribution in [2.75, 3.05) is 13.2 Å². The van der Waals surface area contributed by atoms with Gasteiger partial charge in [-0.25, -0.2) is 0 Å². The highest BCUT2D eigenvalue weighted by Crippen LogP contribution is 2.14. The molecule has 2 nitrogen and oxygen atoms in total. The summed E-state index contributed by atoms with van der Waals surface area (Å²) in [7, 11) is 0. The molecule has 70 valence electrons. The number of rotatable bonds is 5. The highest BCUT2D eigenvalue weighted by Gasteiger charge is 2.27. The van der Waals surface area contributed by atoms with Gasteiger partial charge in [0.2, 0.25) is 0 Å². The molecule has 0 aromatic carbocycles. The average Bonchev–Trinajstić information content (AvgIpc) is 1.96. The summed E-state index contributed by atoms with van der Waals surface area (Å²) in [6, 6.07) is 0. The van der Waals surface area contributed by atoms with E-state index in [1.54, 1.807) is 0 Å². The Hall–Kier alpha value is -0.840. The summed E-state index contributed by atoms with van der Waals surface area (Å²) in [5.41, 5.74) is 0. The molecule has 0 radical (unpaired) electrons. The minimum Gasteiger partial charge on any atom is -0.372 e. The summed E-state index contributed by atoms with van der Waals surface area (Å²) in [5.74, 6) is -0.322. The van der Waals surface area contributed by atoms with Gasteiger partial charge < -0.3 is 4.74 Å². The van der Waals surface area contributed by atoms with E-state index in [1.165, 1.54) is 0 Å². The van der Waals surface area contributed by atoms with E-state index in [9.17, 15) is 18.0 Å². The first-order chi connectivity index (χ1) is 5.45. The Morgan fingerprint density at radius 3 is 2.50 bits per heavy atom. The fraction of sp³-hybridized carbons (Fsp3) is 0.571. The summed E-state index contributed by atoms with van der Waals surface area (Å²) in [6.07, 6.45) is -3.33. The van der Waals surface area contributed by atoms with Crippen LogP contribution in [0.1, 0.15) is 6.42 Å². The summed E-state index contributed by atoms with van der Waals surface area (Å²) < 4.78 is 38.5. The lowest BCUT2D eigenvalue weighted by molar-refractivity contribution is -0.174. The van der Waals surface area contributed by atoms with Gasteiger partial charge in [-0.3, -0.25) is 4.79 Å². The molecule has 0 saturated heterocycles. The normalized spacial score (nSPS) is 11.2. The Morgan fingerprint density at radius 1 is 1.50 bits per heavy atom. The molecule has 0 saturated carbocycles. The van der Waals surface area contributed by atoms with Crippen molar-refractivity contribution in [2.24, 2.45) is 0 Å². The lowest BCUT2D eigenvalue weighted by Gasteiger charge is -2.05. The second-order valence-corrected chi connectivity index (χ2v) is 2.09. The van der Waals surface area contributed by atoms with Crippen LogP contribution in [0, 0.1) is 0 Å². The van der Waals surface area contributed by atoms with E-state index in [2.05, 4.69) is 11.3 Å². The van der Waals surface area contributed by atoms with Crippen molar-refractivity contribution in [2.45, 2.75) is 12.6 Å². The van der Waals surface area contributed by atoms with Crippen LogP contribution in [0.4, 0.5) is 13.2 Å². The molecule has 0 aliphatic carbocycles. The van der Waals surface area contributed by atoms with Crippen molar-refractivity contribution in [1.29, 1.82) is 0 Å². The third-order valence-corrected chi connectivity index (χ3v) is 0.986. The zero-order chi connectivity index (χ0) is 9.61. The van der Waals surface area contributed by atoms with E-state index in [-0.39, 0.29) is 18.8 Å². The van der Waals surface area contributed by atoms with Crippen molar-refractivity contribution in [3.8, 4) is 0 Å². The SMILES string of the molecule is C=CC(=O)CCOCC(F)(F)F. The quantitative estimate of drug-likeness (QED) is 0.478. The number of ether oxygens (including phenoxy) is 1. The van der Waals surface area contributed by atoms with Crippen LogP contribution in [-0.2, 0) is 9.53 Å². The monoisotopic (exact) mass is 182 g/mol. The fourth-order valence-corrected chi connectivity index (χ4v) is 0.463. The standard InChI is InChI=1S/C7H9F3O2/c1-2-6(11)3-4-12-5-7(8,9)10/h2H,1,3-5H2. The van der Waals surface area contributed by atoms with Gasteiger partial charge in [0.1, 0.15) is 6.61 Å². The van der Waals surface area contributed by atoms with Gasteiger partial charge in [0, 0.05) is 6.42 Å². The van der Waals surface area contributed by atoms with Gasteiger partial charge in [0.15, 0.2) is 5.78 Å². The van der Waals surface area contributed by atoms with Crippen LogP contribution in [0.2, 0.25) is 0 Å². The zero-order valence-electron chi connectivity index (χ0n) is 6.36. The highest BCUT2D eigenvalue weighted by atomic mass is 19.4. The fourth-order valence-electron chi connectivity index (χ4n) is 0.463. The maximum Gasteiger partial charge on any atom is 0.411 e. The van der Waals surface area contributed by atoms with Crippen LogP contribution >= 0.6 is 0 Å². The third-order valence-electron chi connectivity index (χ3n) is 0.986. The molecule has 0 fully saturated rings. The van der Waals surface area contributed by atoms with E-state index in [0.717, 1.165) is 6.08 Å². The zero-order valence-corrected chi connectivity index (χ0v) is 6.36. The minimum atomic E-state index is -4.32. The smallest absolute Gasteiger partial charge is 0.372 e. The number of ketones is 1. The summed E-state index contributed by atoms with van der Waals surface area (Å²) in [6.45, 7) is 1.63. The third kappa shape index (κ3) is 7.27. The van der Waals surface area contributed by atoms with E-state index in [0.29, 0.717) is 0 Å². The molecule has 0 heterocycles. The molecule has 0 aliphatic rings. The summed E-state index contributed by atoms with van der Waals surface area (Å²) in [4.78, 5) is 10.5. The van der Waals surface area contributed by atoms with E-state index >= 15 is 0 Å². The first kappa shape index (κ1) is 11.2. The molecule has 0 aromatic rings. The van der Waals surface area contributed by atoms with Crippen LogP contribution < -0.4 is 0 Å². The Kier molecular flexibility index (Phi) is 4.58. The predicted molar refractivity (Wildman–Crippen MR) is 36.7 cm³/mol. The number of allylic oxidation sites excluding steroid dienone is 1. The van der Waals surface area contributed by atoms with E-state index in [1.807, 2.05) is 0 Å². The lowest BCUT2D eigenvalue weighted by Crippen LogP contribution is -2.18. The Balaban J connectivity index is 3.34. The molecule has 0 amide bonds. The van der Waals surface area contributed by atoms with Gasteiger partial charge >= 0.3 is 6.18 Å². The number of alkyl halides is 3. The number of carbonyl (C=O) groups excluding carboxylic acids is 1. The Bertz CT molecular complexity index is 163. The van der Waals surface area contributed by atoms with Crippen molar-refractivity contribution >= 4 is 5.78 Å². The molecule has 5 heteroatoms. The summed E-state index contributed by atoms with van der Waals surface area (Å²) >= 11 is 0. The van der Waals surface area contributed by atoms with Crippen LogP contribution in [0.5, 0.6) is 0 Å². The average molecular weight is 182 g/mol. The maximum atomic E-state index is 11.4. The topological polar surface area (TPSA) is 26.3 Å². The minimum absolute atomic E-state index is 0.0560. The largest absolute Gasteiger partial charge is 0.411 e. The molecular formula is C7H9F3O2. The molecule has 12 heavy (non-hydrogen) atoms. The molecule has 0 aliphatic heterocycles. The molecule has 0 N–H and O–H groups in total. The molecule has 0 aromatic heterocycles. The number of carbonyl (C=O) groups is 1. The van der Waals surface area contributed by atoms with Gasteiger partial charge in [-0.15, -0.1) is 0 Å². The van der Waals surface area contributed by atoms with Crippen LogP contribution in [-0.4, -0.2) is 25.2 Å². The Morgan fingerprint density at radius 2 is 2.08 bits per heavy atom. The van der Waals surface area contributed by atoms with Gasteiger partial charge in [-0.1, -0.05) is 6.58 Å². The first-order valence-corrected chi connectivity index (χ1v) is 3.25. The van der Waals surface area contributed by atoms with Crippen molar-refractivity contribution < 1.29 is 22.7 Å².